The molecule has 0 saturated heterocycles. The monoisotopic (exact) mass is 348 g/mol. The van der Waals surface area contributed by atoms with Crippen molar-refractivity contribution in [1.29, 1.82) is 0 Å². The highest BCUT2D eigenvalue weighted by Crippen LogP contribution is 2.48. The first kappa shape index (κ1) is 15.6. The Balaban J connectivity index is 1.57. The van der Waals surface area contributed by atoms with Gasteiger partial charge in [0.1, 0.15) is 0 Å². The quantitative estimate of drug-likeness (QED) is 0.552. The first-order chi connectivity index (χ1) is 12.9. The standard InChI is InChI=1S/C25H20Si/c1-2-10-20(11-3-1)26-25(23-16-14-18-8-4-6-12-21(18)23)24-17-15-19-9-5-7-13-22(19)24/h1-17,23-25H. The van der Waals surface area contributed by atoms with Crippen LogP contribution in [0.25, 0.3) is 12.2 Å². The molecule has 0 fully saturated rings. The minimum atomic E-state index is 0.477. The third kappa shape index (κ3) is 2.69. The van der Waals surface area contributed by atoms with Crippen LogP contribution in [0.5, 0.6) is 0 Å². The largest absolute Gasteiger partial charge is 0.0861 e. The van der Waals surface area contributed by atoms with E-state index in [1.165, 1.54) is 27.4 Å². The summed E-state index contributed by atoms with van der Waals surface area (Å²) >= 11 is 0. The van der Waals surface area contributed by atoms with Crippen molar-refractivity contribution in [3.63, 3.8) is 0 Å². The molecule has 5 rings (SSSR count). The maximum Gasteiger partial charge on any atom is 0.0861 e. The molecule has 2 aliphatic carbocycles. The van der Waals surface area contributed by atoms with Crippen LogP contribution in [0.1, 0.15) is 34.1 Å². The molecule has 0 spiro atoms. The predicted molar refractivity (Wildman–Crippen MR) is 112 cm³/mol. The highest BCUT2D eigenvalue weighted by atomic mass is 28.2. The lowest BCUT2D eigenvalue weighted by molar-refractivity contribution is 0.679. The van der Waals surface area contributed by atoms with Gasteiger partial charge in [-0.3, -0.25) is 0 Å². The minimum Gasteiger partial charge on any atom is -0.0764 e. The van der Waals surface area contributed by atoms with Gasteiger partial charge in [-0.15, -0.1) is 0 Å². The molecule has 1 heteroatoms. The van der Waals surface area contributed by atoms with Crippen molar-refractivity contribution in [1.82, 2.24) is 0 Å². The van der Waals surface area contributed by atoms with Crippen molar-refractivity contribution in [2.24, 2.45) is 0 Å². The van der Waals surface area contributed by atoms with Gasteiger partial charge in [0.05, 0.1) is 9.52 Å². The average Bonchev–Trinajstić information content (AvgIpc) is 3.32. The van der Waals surface area contributed by atoms with Gasteiger partial charge in [0.15, 0.2) is 0 Å². The van der Waals surface area contributed by atoms with Crippen LogP contribution in [-0.2, 0) is 0 Å². The molecular weight excluding hydrogens is 328 g/mol. The molecule has 3 aromatic carbocycles. The summed E-state index contributed by atoms with van der Waals surface area (Å²) < 4.78 is 0. The van der Waals surface area contributed by atoms with Crippen LogP contribution in [0.4, 0.5) is 0 Å². The van der Waals surface area contributed by atoms with Crippen LogP contribution in [0.2, 0.25) is 5.54 Å². The highest BCUT2D eigenvalue weighted by Gasteiger charge is 2.34. The van der Waals surface area contributed by atoms with Crippen LogP contribution in [0.15, 0.2) is 91.0 Å². The van der Waals surface area contributed by atoms with Gasteiger partial charge < -0.3 is 0 Å². The molecule has 0 heterocycles. The molecule has 0 nitrogen and oxygen atoms in total. The van der Waals surface area contributed by atoms with Gasteiger partial charge in [0.25, 0.3) is 0 Å². The Kier molecular flexibility index (Phi) is 3.95. The van der Waals surface area contributed by atoms with Crippen molar-refractivity contribution in [2.75, 3.05) is 0 Å². The molecular formula is C25H20Si. The topological polar surface area (TPSA) is 0 Å². The van der Waals surface area contributed by atoms with Crippen molar-refractivity contribution in [3.05, 3.63) is 113 Å². The summed E-state index contributed by atoms with van der Waals surface area (Å²) in [5.41, 5.74) is 6.29. The molecule has 2 atom stereocenters. The summed E-state index contributed by atoms with van der Waals surface area (Å²) in [7, 11) is 0.785. The molecule has 3 aromatic rings. The van der Waals surface area contributed by atoms with Gasteiger partial charge in [-0.05, 0) is 27.8 Å². The van der Waals surface area contributed by atoms with Crippen LogP contribution >= 0.6 is 0 Å². The second-order valence-corrected chi connectivity index (χ2v) is 8.60. The van der Waals surface area contributed by atoms with E-state index in [-0.39, 0.29) is 0 Å². The number of rotatable bonds is 4. The van der Waals surface area contributed by atoms with E-state index in [1.807, 2.05) is 0 Å². The van der Waals surface area contributed by atoms with Gasteiger partial charge in [-0.2, -0.15) is 0 Å². The second-order valence-electron chi connectivity index (χ2n) is 7.06. The van der Waals surface area contributed by atoms with E-state index in [4.69, 9.17) is 0 Å². The molecule has 2 aliphatic rings. The van der Waals surface area contributed by atoms with Crippen LogP contribution in [0, 0.1) is 0 Å². The number of hydrogen-bond acceptors (Lipinski definition) is 0. The average molecular weight is 349 g/mol. The molecule has 2 unspecified atom stereocenters. The third-order valence-corrected chi connectivity index (χ3v) is 7.28. The molecule has 26 heavy (non-hydrogen) atoms. The Bertz CT molecular complexity index is 922. The van der Waals surface area contributed by atoms with E-state index in [1.54, 1.807) is 0 Å². The number of allylic oxidation sites excluding steroid dienone is 2. The molecule has 0 aromatic heterocycles. The maximum atomic E-state index is 2.43. The van der Waals surface area contributed by atoms with Gasteiger partial charge in [-0.25, -0.2) is 0 Å². The first-order valence-electron chi connectivity index (χ1n) is 9.26. The van der Waals surface area contributed by atoms with E-state index in [0.717, 1.165) is 9.52 Å². The zero-order valence-corrected chi connectivity index (χ0v) is 15.5. The Hall–Kier alpha value is -2.64. The molecule has 0 aliphatic heterocycles. The molecule has 0 N–H and O–H groups in total. The fraction of sp³-hybridized carbons (Fsp3) is 0.120. The van der Waals surface area contributed by atoms with Gasteiger partial charge >= 0.3 is 0 Å². The van der Waals surface area contributed by atoms with Crippen molar-refractivity contribution < 1.29 is 0 Å². The highest BCUT2D eigenvalue weighted by molar-refractivity contribution is 6.55. The van der Waals surface area contributed by atoms with Crippen molar-refractivity contribution in [3.8, 4) is 0 Å². The SMILES string of the molecule is C1=CC(C([Si]c2ccccc2)C2C=Cc3ccccc32)c2ccccc21. The summed E-state index contributed by atoms with van der Waals surface area (Å²) in [6.45, 7) is 0. The summed E-state index contributed by atoms with van der Waals surface area (Å²) in [6, 6.07) is 28.8. The Morgan fingerprint density at radius 2 is 1.08 bits per heavy atom. The zero-order valence-electron chi connectivity index (χ0n) is 14.5. The molecule has 2 radical (unpaired) electrons. The van der Waals surface area contributed by atoms with Gasteiger partial charge in [-0.1, -0.05) is 108 Å². The van der Waals surface area contributed by atoms with E-state index in [2.05, 4.69) is 103 Å². The van der Waals surface area contributed by atoms with Crippen molar-refractivity contribution in [2.45, 2.75) is 17.4 Å². The second kappa shape index (κ2) is 6.58. The fourth-order valence-electron chi connectivity index (χ4n) is 4.31. The molecule has 0 saturated carbocycles. The number of benzene rings is 3. The predicted octanol–water partition coefficient (Wildman–Crippen LogP) is 5.43. The molecule has 124 valence electrons. The van der Waals surface area contributed by atoms with E-state index < -0.39 is 0 Å². The minimum absolute atomic E-state index is 0.477. The van der Waals surface area contributed by atoms with E-state index >= 15 is 0 Å². The summed E-state index contributed by atoms with van der Waals surface area (Å²) in [4.78, 5) is 0. The van der Waals surface area contributed by atoms with Gasteiger partial charge in [0.2, 0.25) is 0 Å². The lowest BCUT2D eigenvalue weighted by Crippen LogP contribution is -2.26. The smallest absolute Gasteiger partial charge is 0.0764 e. The Morgan fingerprint density at radius 1 is 0.577 bits per heavy atom. The normalized spacial score (nSPS) is 20.8. The molecule has 0 bridgehead atoms. The first-order valence-corrected chi connectivity index (χ1v) is 10.3. The maximum absolute atomic E-state index is 2.43. The Labute approximate surface area is 157 Å². The summed E-state index contributed by atoms with van der Waals surface area (Å²) in [5.74, 6) is 0.955. The van der Waals surface area contributed by atoms with E-state index in [9.17, 15) is 0 Å². The number of fused-ring (bicyclic) bond motifs is 2. The van der Waals surface area contributed by atoms with Gasteiger partial charge in [0, 0.05) is 11.8 Å². The number of hydrogen-bond donors (Lipinski definition) is 0. The summed E-state index contributed by atoms with van der Waals surface area (Å²) in [5, 5.41) is 1.45. The van der Waals surface area contributed by atoms with Crippen LogP contribution < -0.4 is 5.19 Å². The Morgan fingerprint density at radius 3 is 1.65 bits per heavy atom. The summed E-state index contributed by atoms with van der Waals surface area (Å²) in [6.07, 6.45) is 9.49. The van der Waals surface area contributed by atoms with Crippen molar-refractivity contribution >= 4 is 26.9 Å². The third-order valence-electron chi connectivity index (χ3n) is 5.56. The lowest BCUT2D eigenvalue weighted by Gasteiger charge is -2.29. The lowest BCUT2D eigenvalue weighted by atomic mass is 9.86. The van der Waals surface area contributed by atoms with E-state index in [0.29, 0.717) is 17.4 Å². The van der Waals surface area contributed by atoms with Crippen LogP contribution in [-0.4, -0.2) is 9.52 Å². The zero-order chi connectivity index (χ0) is 17.3. The van der Waals surface area contributed by atoms with Crippen LogP contribution in [0.3, 0.4) is 0 Å². The molecule has 0 amide bonds. The fourth-order valence-corrected chi connectivity index (χ4v) is 6.02.